The predicted molar refractivity (Wildman–Crippen MR) is 111 cm³/mol. The Bertz CT molecular complexity index is 1200. The van der Waals surface area contributed by atoms with E-state index >= 15 is 0 Å². The molecule has 30 heavy (non-hydrogen) atoms. The smallest absolute Gasteiger partial charge is 0.307 e. The normalized spacial score (nSPS) is 14.9. The maximum absolute atomic E-state index is 12.7. The molecule has 2 amide bonds. The topological polar surface area (TPSA) is 106 Å². The Morgan fingerprint density at radius 2 is 1.73 bits per heavy atom. The van der Waals surface area contributed by atoms with Crippen molar-refractivity contribution in [2.24, 2.45) is 0 Å². The number of pyridine rings is 1. The molecule has 2 N–H and O–H groups in total. The van der Waals surface area contributed by atoms with Crippen LogP contribution in [0.25, 0.3) is 5.82 Å². The molecule has 154 valence electrons. The van der Waals surface area contributed by atoms with E-state index in [9.17, 15) is 13.2 Å². The summed E-state index contributed by atoms with van der Waals surface area (Å²) in [6.07, 6.45) is 9.00. The summed E-state index contributed by atoms with van der Waals surface area (Å²) in [5.41, 5.74) is 5.61. The maximum Gasteiger partial charge on any atom is 0.333 e. The van der Waals surface area contributed by atoms with Gasteiger partial charge in [-0.05, 0) is 79.0 Å². The van der Waals surface area contributed by atoms with Crippen LogP contribution < -0.4 is 10.0 Å². The van der Waals surface area contributed by atoms with Crippen molar-refractivity contribution in [3.63, 3.8) is 0 Å². The van der Waals surface area contributed by atoms with E-state index in [-0.39, 0.29) is 5.03 Å². The quantitative estimate of drug-likeness (QED) is 0.671. The van der Waals surface area contributed by atoms with E-state index in [2.05, 4.69) is 26.2 Å². The van der Waals surface area contributed by atoms with Crippen molar-refractivity contribution in [3.05, 3.63) is 65.0 Å². The van der Waals surface area contributed by atoms with Crippen molar-refractivity contribution in [2.45, 2.75) is 43.6 Å². The van der Waals surface area contributed by atoms with Crippen LogP contribution in [0.4, 0.5) is 10.5 Å². The zero-order chi connectivity index (χ0) is 20.7. The largest absolute Gasteiger partial charge is 0.333 e. The molecule has 5 rings (SSSR count). The second kappa shape index (κ2) is 7.24. The number of nitrogens with zero attached hydrogens (tertiary/aromatic N) is 3. The highest BCUT2D eigenvalue weighted by molar-refractivity contribution is 7.90. The predicted octanol–water partition coefficient (Wildman–Crippen LogP) is 2.76. The standard InChI is InChI=1S/C21H21N5O3S/c27-21(23-20-16-7-3-5-14(16)13-15-6-4-8-17(15)20)25-30(28,29)19-10-12-26(24-19)18-9-1-2-11-22-18/h1-2,9-13H,3-8H2,(H2,23,25,27). The second-order valence-corrected chi connectivity index (χ2v) is 9.21. The van der Waals surface area contributed by atoms with Gasteiger partial charge in [0, 0.05) is 18.1 Å². The number of amides is 2. The summed E-state index contributed by atoms with van der Waals surface area (Å²) in [6.45, 7) is 0. The molecule has 2 aliphatic carbocycles. The van der Waals surface area contributed by atoms with E-state index in [0.717, 1.165) is 55.3 Å². The van der Waals surface area contributed by atoms with E-state index in [0.29, 0.717) is 5.82 Å². The minimum atomic E-state index is -4.12. The number of hydrogen-bond donors (Lipinski definition) is 2. The molecule has 0 radical (unpaired) electrons. The van der Waals surface area contributed by atoms with Gasteiger partial charge in [0.1, 0.15) is 0 Å². The third kappa shape index (κ3) is 3.35. The number of benzene rings is 1. The Morgan fingerprint density at radius 3 is 2.40 bits per heavy atom. The summed E-state index contributed by atoms with van der Waals surface area (Å²) in [6, 6.07) is 8.07. The van der Waals surface area contributed by atoms with Gasteiger partial charge >= 0.3 is 6.03 Å². The summed E-state index contributed by atoms with van der Waals surface area (Å²) >= 11 is 0. The van der Waals surface area contributed by atoms with Gasteiger partial charge in [-0.15, -0.1) is 0 Å². The lowest BCUT2D eigenvalue weighted by molar-refractivity contribution is 0.256. The molecular formula is C21H21N5O3S. The van der Waals surface area contributed by atoms with Crippen LogP contribution in [0.15, 0.2) is 47.8 Å². The number of carbonyl (C=O) groups excluding carboxylic acids is 1. The lowest BCUT2D eigenvalue weighted by atomic mass is 9.99. The number of fused-ring (bicyclic) bond motifs is 2. The first-order valence-electron chi connectivity index (χ1n) is 9.99. The van der Waals surface area contributed by atoms with Crippen molar-refractivity contribution in [1.29, 1.82) is 0 Å². The Hall–Kier alpha value is -3.20. The molecule has 2 heterocycles. The molecule has 2 aliphatic rings. The average molecular weight is 423 g/mol. The van der Waals surface area contributed by atoms with Gasteiger partial charge < -0.3 is 5.32 Å². The highest BCUT2D eigenvalue weighted by Gasteiger charge is 2.27. The van der Waals surface area contributed by atoms with E-state index in [1.165, 1.54) is 28.1 Å². The number of sulfonamides is 1. The van der Waals surface area contributed by atoms with Crippen LogP contribution in [-0.4, -0.2) is 29.2 Å². The Morgan fingerprint density at radius 1 is 1.00 bits per heavy atom. The Kier molecular flexibility index (Phi) is 4.54. The van der Waals surface area contributed by atoms with Crippen LogP contribution in [-0.2, 0) is 35.7 Å². The molecule has 0 atom stereocenters. The molecule has 1 aromatic carbocycles. The molecule has 3 aromatic rings. The monoisotopic (exact) mass is 423 g/mol. The van der Waals surface area contributed by atoms with Crippen LogP contribution in [0.5, 0.6) is 0 Å². The van der Waals surface area contributed by atoms with Crippen molar-refractivity contribution in [2.75, 3.05) is 5.32 Å². The summed E-state index contributed by atoms with van der Waals surface area (Å²) in [4.78, 5) is 16.8. The summed E-state index contributed by atoms with van der Waals surface area (Å²) < 4.78 is 28.8. The molecule has 0 fully saturated rings. The summed E-state index contributed by atoms with van der Waals surface area (Å²) in [7, 11) is -4.12. The van der Waals surface area contributed by atoms with E-state index in [1.54, 1.807) is 24.4 Å². The summed E-state index contributed by atoms with van der Waals surface area (Å²) in [5.74, 6) is 0.485. The maximum atomic E-state index is 12.7. The Labute approximate surface area is 174 Å². The fraction of sp³-hybridized carbons (Fsp3) is 0.286. The average Bonchev–Trinajstić information content (AvgIpc) is 3.48. The van der Waals surface area contributed by atoms with Crippen LogP contribution in [0, 0.1) is 0 Å². The van der Waals surface area contributed by atoms with Gasteiger partial charge in [-0.1, -0.05) is 12.1 Å². The molecule has 0 saturated heterocycles. The molecule has 0 bridgehead atoms. The highest BCUT2D eigenvalue weighted by atomic mass is 32.2. The summed E-state index contributed by atoms with van der Waals surface area (Å²) in [5, 5.41) is 6.64. The Balaban J connectivity index is 1.37. The number of rotatable bonds is 4. The van der Waals surface area contributed by atoms with Crippen molar-refractivity contribution < 1.29 is 13.2 Å². The molecule has 0 saturated carbocycles. The van der Waals surface area contributed by atoms with Crippen LogP contribution in [0.2, 0.25) is 0 Å². The number of aromatic nitrogens is 3. The van der Waals surface area contributed by atoms with E-state index in [1.807, 2.05) is 0 Å². The zero-order valence-electron chi connectivity index (χ0n) is 16.3. The molecule has 2 aromatic heterocycles. The fourth-order valence-corrected chi connectivity index (χ4v) is 5.18. The van der Waals surface area contributed by atoms with Gasteiger partial charge in [0.2, 0.25) is 0 Å². The van der Waals surface area contributed by atoms with Crippen molar-refractivity contribution in [3.8, 4) is 5.82 Å². The molecule has 0 unspecified atom stereocenters. The molecule has 8 nitrogen and oxygen atoms in total. The fourth-order valence-electron chi connectivity index (χ4n) is 4.35. The van der Waals surface area contributed by atoms with Crippen LogP contribution in [0.3, 0.4) is 0 Å². The van der Waals surface area contributed by atoms with Gasteiger partial charge in [-0.25, -0.2) is 19.2 Å². The number of nitrogens with one attached hydrogen (secondary N) is 2. The lowest BCUT2D eigenvalue weighted by Crippen LogP contribution is -2.35. The number of aryl methyl sites for hydroxylation is 2. The van der Waals surface area contributed by atoms with E-state index < -0.39 is 16.1 Å². The zero-order valence-corrected chi connectivity index (χ0v) is 17.1. The number of carbonyl (C=O) groups is 1. The number of anilines is 1. The van der Waals surface area contributed by atoms with Gasteiger partial charge in [0.25, 0.3) is 10.0 Å². The first kappa shape index (κ1) is 18.8. The van der Waals surface area contributed by atoms with Gasteiger partial charge in [-0.2, -0.15) is 13.5 Å². The first-order chi connectivity index (χ1) is 14.5. The minimum Gasteiger partial charge on any atom is -0.307 e. The van der Waals surface area contributed by atoms with Crippen molar-refractivity contribution >= 4 is 21.7 Å². The SMILES string of the molecule is O=C(Nc1c2c(cc3c1CCC3)CCC2)NS(=O)(=O)c1ccn(-c2ccccn2)n1. The molecule has 0 spiro atoms. The minimum absolute atomic E-state index is 0.244. The molecule has 0 aliphatic heterocycles. The van der Waals surface area contributed by atoms with Gasteiger partial charge in [-0.3, -0.25) is 0 Å². The van der Waals surface area contributed by atoms with E-state index in [4.69, 9.17) is 0 Å². The lowest BCUT2D eigenvalue weighted by Gasteiger charge is -2.16. The van der Waals surface area contributed by atoms with Gasteiger partial charge in [0.05, 0.1) is 0 Å². The van der Waals surface area contributed by atoms with Crippen LogP contribution in [0.1, 0.15) is 35.1 Å². The van der Waals surface area contributed by atoms with Gasteiger partial charge in [0.15, 0.2) is 10.8 Å². The van der Waals surface area contributed by atoms with Crippen molar-refractivity contribution in [1.82, 2.24) is 19.5 Å². The highest BCUT2D eigenvalue weighted by Crippen LogP contribution is 2.38. The molecular weight excluding hydrogens is 402 g/mol. The van der Waals surface area contributed by atoms with Crippen LogP contribution >= 0.6 is 0 Å². The molecule has 9 heteroatoms. The number of hydrogen-bond acceptors (Lipinski definition) is 5. The first-order valence-corrected chi connectivity index (χ1v) is 11.5. The second-order valence-electron chi connectivity index (χ2n) is 7.58. The third-order valence-corrected chi connectivity index (χ3v) is 6.89. The third-order valence-electron chi connectivity index (χ3n) is 5.66. The number of urea groups is 1.